The van der Waals surface area contributed by atoms with E-state index in [0.29, 0.717) is 17.0 Å². The van der Waals surface area contributed by atoms with Gasteiger partial charge < -0.3 is 15.2 Å². The zero-order valence-electron chi connectivity index (χ0n) is 11.9. The van der Waals surface area contributed by atoms with Crippen LogP contribution in [-0.2, 0) is 0 Å². The average molecular weight is 294 g/mol. The summed E-state index contributed by atoms with van der Waals surface area (Å²) in [4.78, 5) is 16.6. The summed E-state index contributed by atoms with van der Waals surface area (Å²) in [7, 11) is 1.50. The molecule has 1 heterocycles. The highest BCUT2D eigenvalue weighted by atomic mass is 16.5. The van der Waals surface area contributed by atoms with Crippen molar-refractivity contribution in [3.05, 3.63) is 60.3 Å². The van der Waals surface area contributed by atoms with Crippen LogP contribution in [-0.4, -0.2) is 23.1 Å². The zero-order valence-corrected chi connectivity index (χ0v) is 11.9. The minimum Gasteiger partial charge on any atom is -0.507 e. The topological polar surface area (TPSA) is 71.5 Å². The monoisotopic (exact) mass is 294 g/mol. The van der Waals surface area contributed by atoms with E-state index in [0.717, 1.165) is 5.39 Å². The van der Waals surface area contributed by atoms with Crippen LogP contribution in [0.2, 0.25) is 0 Å². The van der Waals surface area contributed by atoms with Gasteiger partial charge in [-0.25, -0.2) is 0 Å². The Morgan fingerprint density at radius 3 is 2.77 bits per heavy atom. The van der Waals surface area contributed by atoms with E-state index >= 15 is 0 Å². The molecule has 0 bridgehead atoms. The average Bonchev–Trinajstić information content (AvgIpc) is 2.55. The number of nitrogens with one attached hydrogen (secondary N) is 1. The minimum atomic E-state index is -0.404. The van der Waals surface area contributed by atoms with Crippen LogP contribution < -0.4 is 10.1 Å². The normalized spacial score (nSPS) is 10.4. The third kappa shape index (κ3) is 2.56. The van der Waals surface area contributed by atoms with Crippen molar-refractivity contribution in [2.45, 2.75) is 0 Å². The van der Waals surface area contributed by atoms with E-state index in [4.69, 9.17) is 4.74 Å². The zero-order chi connectivity index (χ0) is 15.5. The number of hydrogen-bond donors (Lipinski definition) is 2. The van der Waals surface area contributed by atoms with E-state index in [2.05, 4.69) is 10.3 Å². The van der Waals surface area contributed by atoms with Crippen LogP contribution in [0.1, 0.15) is 10.4 Å². The van der Waals surface area contributed by atoms with Gasteiger partial charge in [-0.1, -0.05) is 18.2 Å². The number of ether oxygens (including phenoxy) is 1. The number of aromatic nitrogens is 1. The maximum Gasteiger partial charge on any atom is 0.259 e. The molecule has 3 rings (SSSR count). The molecule has 110 valence electrons. The molecule has 5 nitrogen and oxygen atoms in total. The van der Waals surface area contributed by atoms with Crippen molar-refractivity contribution >= 4 is 22.5 Å². The maximum absolute atomic E-state index is 12.3. The Kier molecular flexibility index (Phi) is 3.62. The number of phenolic OH excluding ortho intramolecular Hbond substituents is 1. The molecule has 2 N–H and O–H groups in total. The highest BCUT2D eigenvalue weighted by molar-refractivity contribution is 6.09. The van der Waals surface area contributed by atoms with E-state index in [-0.39, 0.29) is 11.3 Å². The maximum atomic E-state index is 12.3. The highest BCUT2D eigenvalue weighted by Gasteiger charge is 2.13. The summed E-state index contributed by atoms with van der Waals surface area (Å²) in [5.41, 5.74) is 1.47. The molecular weight excluding hydrogens is 280 g/mol. The van der Waals surface area contributed by atoms with Crippen molar-refractivity contribution in [3.63, 3.8) is 0 Å². The van der Waals surface area contributed by atoms with Gasteiger partial charge in [0, 0.05) is 17.6 Å². The van der Waals surface area contributed by atoms with Crippen LogP contribution in [0.4, 0.5) is 5.69 Å². The summed E-state index contributed by atoms with van der Waals surface area (Å²) >= 11 is 0. The number of carbonyl (C=O) groups is 1. The Hall–Kier alpha value is -3.08. The first-order chi connectivity index (χ1) is 10.7. The molecule has 22 heavy (non-hydrogen) atoms. The third-order valence-corrected chi connectivity index (χ3v) is 3.33. The first-order valence-corrected chi connectivity index (χ1v) is 6.71. The van der Waals surface area contributed by atoms with Crippen LogP contribution in [0.3, 0.4) is 0 Å². The summed E-state index contributed by atoms with van der Waals surface area (Å²) in [5, 5.41) is 13.6. The van der Waals surface area contributed by atoms with Crippen molar-refractivity contribution < 1.29 is 14.6 Å². The lowest BCUT2D eigenvalue weighted by Crippen LogP contribution is -2.12. The van der Waals surface area contributed by atoms with Crippen LogP contribution in [0.15, 0.2) is 54.7 Å². The molecule has 0 spiro atoms. The SMILES string of the molecule is COc1ccc(C(=O)Nc2cccc3cccnc23)c(O)c1. The number of pyridine rings is 1. The van der Waals surface area contributed by atoms with Crippen molar-refractivity contribution in [1.29, 1.82) is 0 Å². The summed E-state index contributed by atoms with van der Waals surface area (Å²) < 4.78 is 5.00. The number of phenols is 1. The van der Waals surface area contributed by atoms with Gasteiger partial charge in [-0.15, -0.1) is 0 Å². The quantitative estimate of drug-likeness (QED) is 0.778. The summed E-state index contributed by atoms with van der Waals surface area (Å²) in [6, 6.07) is 13.8. The fourth-order valence-electron chi connectivity index (χ4n) is 2.23. The first kappa shape index (κ1) is 13.9. The minimum absolute atomic E-state index is 0.134. The molecule has 0 radical (unpaired) electrons. The van der Waals surface area contributed by atoms with E-state index in [9.17, 15) is 9.90 Å². The number of hydrogen-bond acceptors (Lipinski definition) is 4. The number of fused-ring (bicyclic) bond motifs is 1. The summed E-state index contributed by atoms with van der Waals surface area (Å²) in [6.45, 7) is 0. The molecular formula is C17H14N2O3. The lowest BCUT2D eigenvalue weighted by Gasteiger charge is -2.10. The van der Waals surface area contributed by atoms with Crippen LogP contribution >= 0.6 is 0 Å². The smallest absolute Gasteiger partial charge is 0.259 e. The second-order valence-corrected chi connectivity index (χ2v) is 4.72. The van der Waals surface area contributed by atoms with E-state index in [1.807, 2.05) is 24.3 Å². The lowest BCUT2D eigenvalue weighted by atomic mass is 10.1. The van der Waals surface area contributed by atoms with Gasteiger partial charge in [0.25, 0.3) is 5.91 Å². The first-order valence-electron chi connectivity index (χ1n) is 6.71. The molecule has 0 aliphatic rings. The molecule has 0 saturated carbocycles. The van der Waals surface area contributed by atoms with Crippen LogP contribution in [0.25, 0.3) is 10.9 Å². The van der Waals surface area contributed by atoms with Gasteiger partial charge in [0.05, 0.1) is 23.9 Å². The standard InChI is InChI=1S/C17H14N2O3/c1-22-12-7-8-13(15(20)10-12)17(21)19-14-6-2-4-11-5-3-9-18-16(11)14/h2-10,20H,1H3,(H,19,21). The number of aromatic hydroxyl groups is 1. The number of anilines is 1. The van der Waals surface area contributed by atoms with E-state index in [1.165, 1.54) is 19.2 Å². The molecule has 0 unspecified atom stereocenters. The number of amides is 1. The Morgan fingerprint density at radius 1 is 1.18 bits per heavy atom. The number of rotatable bonds is 3. The molecule has 1 aromatic heterocycles. The second kappa shape index (κ2) is 5.73. The van der Waals surface area contributed by atoms with Crippen LogP contribution in [0, 0.1) is 0 Å². The molecule has 5 heteroatoms. The van der Waals surface area contributed by atoms with Crippen molar-refractivity contribution in [2.75, 3.05) is 12.4 Å². The molecule has 0 fully saturated rings. The third-order valence-electron chi connectivity index (χ3n) is 3.33. The fraction of sp³-hybridized carbons (Fsp3) is 0.0588. The van der Waals surface area contributed by atoms with Gasteiger partial charge >= 0.3 is 0 Å². The van der Waals surface area contributed by atoms with E-state index < -0.39 is 5.91 Å². The number of benzene rings is 2. The number of para-hydroxylation sites is 1. The summed E-state index contributed by atoms with van der Waals surface area (Å²) in [5.74, 6) is -0.0516. The van der Waals surface area contributed by atoms with Gasteiger partial charge in [-0.2, -0.15) is 0 Å². The molecule has 0 saturated heterocycles. The Bertz CT molecular complexity index is 841. The molecule has 1 amide bonds. The van der Waals surface area contributed by atoms with Gasteiger partial charge in [0.2, 0.25) is 0 Å². The predicted molar refractivity (Wildman–Crippen MR) is 84.4 cm³/mol. The number of nitrogens with zero attached hydrogens (tertiary/aromatic N) is 1. The molecule has 0 atom stereocenters. The van der Waals surface area contributed by atoms with Gasteiger partial charge in [0.15, 0.2) is 0 Å². The van der Waals surface area contributed by atoms with Gasteiger partial charge in [0.1, 0.15) is 11.5 Å². The van der Waals surface area contributed by atoms with Crippen LogP contribution in [0.5, 0.6) is 11.5 Å². The Labute approximate surface area is 127 Å². The predicted octanol–water partition coefficient (Wildman–Crippen LogP) is 3.20. The molecule has 3 aromatic rings. The molecule has 0 aliphatic carbocycles. The second-order valence-electron chi connectivity index (χ2n) is 4.72. The van der Waals surface area contributed by atoms with E-state index in [1.54, 1.807) is 18.3 Å². The molecule has 0 aliphatic heterocycles. The van der Waals surface area contributed by atoms with Gasteiger partial charge in [-0.05, 0) is 24.3 Å². The fourth-order valence-corrected chi connectivity index (χ4v) is 2.23. The van der Waals surface area contributed by atoms with Crippen molar-refractivity contribution in [2.24, 2.45) is 0 Å². The molecule has 2 aromatic carbocycles. The van der Waals surface area contributed by atoms with Crippen molar-refractivity contribution in [1.82, 2.24) is 4.98 Å². The largest absolute Gasteiger partial charge is 0.507 e. The Morgan fingerprint density at radius 2 is 2.00 bits per heavy atom. The van der Waals surface area contributed by atoms with Gasteiger partial charge in [-0.3, -0.25) is 9.78 Å². The number of carbonyl (C=O) groups excluding carboxylic acids is 1. The number of methoxy groups -OCH3 is 1. The van der Waals surface area contributed by atoms with Crippen molar-refractivity contribution in [3.8, 4) is 11.5 Å². The lowest BCUT2D eigenvalue weighted by molar-refractivity contribution is 0.102. The Balaban J connectivity index is 1.93. The summed E-state index contributed by atoms with van der Waals surface area (Å²) in [6.07, 6.45) is 1.67. The highest BCUT2D eigenvalue weighted by Crippen LogP contribution is 2.26.